The Morgan fingerprint density at radius 2 is 2.15 bits per heavy atom. The van der Waals surface area contributed by atoms with Crippen LogP contribution in [-0.2, 0) is 4.74 Å². The minimum atomic E-state index is 0.495. The molecule has 1 rings (SSSR count). The quantitative estimate of drug-likeness (QED) is 0.424. The molecule has 1 aromatic heterocycles. The van der Waals surface area contributed by atoms with E-state index in [9.17, 15) is 0 Å². The van der Waals surface area contributed by atoms with Crippen LogP contribution in [0.3, 0.4) is 0 Å². The van der Waals surface area contributed by atoms with Crippen LogP contribution in [0, 0.1) is 6.92 Å². The van der Waals surface area contributed by atoms with Crippen LogP contribution in [0.1, 0.15) is 26.0 Å². The van der Waals surface area contributed by atoms with E-state index in [1.54, 1.807) is 6.34 Å². The summed E-state index contributed by atoms with van der Waals surface area (Å²) in [7, 11) is 0. The van der Waals surface area contributed by atoms with Crippen molar-refractivity contribution in [1.82, 2.24) is 4.98 Å². The van der Waals surface area contributed by atoms with Crippen molar-refractivity contribution in [2.45, 2.75) is 27.2 Å². The zero-order valence-electron chi connectivity index (χ0n) is 12.3. The lowest BCUT2D eigenvalue weighted by atomic mass is 10.3. The third kappa shape index (κ3) is 5.88. The summed E-state index contributed by atoms with van der Waals surface area (Å²) in [5, 5.41) is 3.10. The summed E-state index contributed by atoms with van der Waals surface area (Å²) < 4.78 is 11.8. The van der Waals surface area contributed by atoms with Crippen LogP contribution in [0.15, 0.2) is 15.5 Å². The summed E-state index contributed by atoms with van der Waals surface area (Å²) in [5.74, 6) is 0.584. The van der Waals surface area contributed by atoms with Crippen LogP contribution in [0.2, 0.25) is 0 Å². The van der Waals surface area contributed by atoms with Crippen LogP contribution in [0.25, 0.3) is 0 Å². The highest BCUT2D eigenvalue weighted by molar-refractivity contribution is 9.10. The highest BCUT2D eigenvalue weighted by atomic mass is 79.9. The van der Waals surface area contributed by atoms with E-state index >= 15 is 0 Å². The molecular formula is C14H22BrN3O2. The Morgan fingerprint density at radius 3 is 2.85 bits per heavy atom. The van der Waals surface area contributed by atoms with Crippen molar-refractivity contribution in [3.8, 4) is 5.88 Å². The Balaban J connectivity index is 2.56. The predicted octanol–water partition coefficient (Wildman–Crippen LogP) is 3.42. The molecule has 0 spiro atoms. The van der Waals surface area contributed by atoms with E-state index in [0.717, 1.165) is 35.4 Å². The maximum Gasteiger partial charge on any atom is 0.228 e. The Hall–Kier alpha value is -1.14. The Morgan fingerprint density at radius 1 is 1.35 bits per heavy atom. The zero-order chi connectivity index (χ0) is 14.8. The van der Waals surface area contributed by atoms with Gasteiger partial charge in [-0.3, -0.25) is 4.99 Å². The molecule has 0 unspecified atom stereocenters. The molecule has 6 heteroatoms. The van der Waals surface area contributed by atoms with E-state index < -0.39 is 0 Å². The van der Waals surface area contributed by atoms with Crippen molar-refractivity contribution in [2.75, 3.05) is 31.7 Å². The van der Waals surface area contributed by atoms with Gasteiger partial charge in [-0.25, -0.2) is 4.98 Å². The number of pyridine rings is 1. The second-order valence-electron chi connectivity index (χ2n) is 4.14. The average Bonchev–Trinajstić information content (AvgIpc) is 2.43. The molecule has 0 saturated heterocycles. The molecule has 0 aliphatic carbocycles. The smallest absolute Gasteiger partial charge is 0.228 e. The summed E-state index contributed by atoms with van der Waals surface area (Å²) in [6.07, 6.45) is 2.69. The number of aryl methyl sites for hydroxylation is 1. The van der Waals surface area contributed by atoms with Gasteiger partial charge in [0.15, 0.2) is 0 Å². The van der Waals surface area contributed by atoms with E-state index in [4.69, 9.17) is 9.47 Å². The van der Waals surface area contributed by atoms with E-state index in [0.29, 0.717) is 19.1 Å². The number of ether oxygens (including phenoxy) is 2. The van der Waals surface area contributed by atoms with E-state index in [2.05, 4.69) is 38.1 Å². The predicted molar refractivity (Wildman–Crippen MR) is 85.9 cm³/mol. The highest BCUT2D eigenvalue weighted by Crippen LogP contribution is 2.27. The molecule has 0 aliphatic heterocycles. The van der Waals surface area contributed by atoms with Crippen LogP contribution >= 0.6 is 15.9 Å². The van der Waals surface area contributed by atoms with Gasteiger partial charge in [-0.05, 0) is 42.3 Å². The minimum Gasteiger partial charge on any atom is -0.474 e. The molecule has 0 aromatic carbocycles. The Bertz CT molecular complexity index is 439. The number of aliphatic imine (C=N–C) groups is 1. The van der Waals surface area contributed by atoms with Gasteiger partial charge >= 0.3 is 0 Å². The fraction of sp³-hybridized carbons (Fsp3) is 0.571. The largest absolute Gasteiger partial charge is 0.474 e. The summed E-state index contributed by atoms with van der Waals surface area (Å²) >= 11 is 3.46. The molecule has 0 fully saturated rings. The van der Waals surface area contributed by atoms with Gasteiger partial charge < -0.3 is 14.8 Å². The number of nitrogens with zero attached hydrogens (tertiary/aromatic N) is 2. The number of hydrogen-bond donors (Lipinski definition) is 1. The molecule has 1 aromatic rings. The summed E-state index contributed by atoms with van der Waals surface area (Å²) in [6, 6.07) is 1.94. The third-order valence-electron chi connectivity index (χ3n) is 2.44. The first kappa shape index (κ1) is 16.9. The average molecular weight is 344 g/mol. The molecule has 112 valence electrons. The normalized spacial score (nSPS) is 11.0. The maximum atomic E-state index is 5.60. The van der Waals surface area contributed by atoms with Crippen LogP contribution in [-0.4, -0.2) is 37.7 Å². The van der Waals surface area contributed by atoms with Gasteiger partial charge in [0.2, 0.25) is 5.88 Å². The molecule has 0 radical (unpaired) electrons. The van der Waals surface area contributed by atoms with Gasteiger partial charge in [0.25, 0.3) is 0 Å². The second kappa shape index (κ2) is 9.72. The third-order valence-corrected chi connectivity index (χ3v) is 3.01. The summed E-state index contributed by atoms with van der Waals surface area (Å²) in [5.41, 5.74) is 1.77. The molecule has 0 amide bonds. The zero-order valence-corrected chi connectivity index (χ0v) is 13.9. The van der Waals surface area contributed by atoms with Crippen LogP contribution < -0.4 is 10.1 Å². The molecule has 0 saturated carbocycles. The molecule has 5 nitrogen and oxygen atoms in total. The monoisotopic (exact) mass is 343 g/mol. The van der Waals surface area contributed by atoms with E-state index in [1.165, 1.54) is 0 Å². The van der Waals surface area contributed by atoms with Crippen molar-refractivity contribution >= 4 is 28.0 Å². The molecule has 1 N–H and O–H groups in total. The Labute approximate surface area is 128 Å². The first-order valence-electron chi connectivity index (χ1n) is 6.81. The molecule has 0 atom stereocenters. The SMILES string of the molecule is CCCOCCOc1nc(C)c(NC=NCC)cc1Br. The minimum absolute atomic E-state index is 0.495. The van der Waals surface area contributed by atoms with Crippen LogP contribution in [0.4, 0.5) is 5.69 Å². The summed E-state index contributed by atoms with van der Waals surface area (Å²) in [6.45, 7) is 8.57. The van der Waals surface area contributed by atoms with Crippen molar-refractivity contribution in [2.24, 2.45) is 4.99 Å². The van der Waals surface area contributed by atoms with Gasteiger partial charge in [-0.15, -0.1) is 0 Å². The van der Waals surface area contributed by atoms with Crippen LogP contribution in [0.5, 0.6) is 5.88 Å². The van der Waals surface area contributed by atoms with Crippen molar-refractivity contribution < 1.29 is 9.47 Å². The lowest BCUT2D eigenvalue weighted by Crippen LogP contribution is -2.09. The second-order valence-corrected chi connectivity index (χ2v) is 5.00. The fourth-order valence-electron chi connectivity index (χ4n) is 1.46. The lowest BCUT2D eigenvalue weighted by Gasteiger charge is -2.11. The van der Waals surface area contributed by atoms with E-state index in [1.807, 2.05) is 19.9 Å². The highest BCUT2D eigenvalue weighted by Gasteiger charge is 2.08. The topological polar surface area (TPSA) is 55.7 Å². The number of anilines is 1. The maximum absolute atomic E-state index is 5.60. The molecule has 0 aliphatic rings. The summed E-state index contributed by atoms with van der Waals surface area (Å²) in [4.78, 5) is 8.53. The standard InChI is InChI=1S/C14H22BrN3O2/c1-4-6-19-7-8-20-14-12(15)9-13(11(3)18-14)17-10-16-5-2/h9-10H,4-8H2,1-3H3,(H,16,17). The first-order valence-corrected chi connectivity index (χ1v) is 7.60. The first-order chi connectivity index (χ1) is 9.69. The number of halogens is 1. The molecule has 20 heavy (non-hydrogen) atoms. The fourth-order valence-corrected chi connectivity index (χ4v) is 1.89. The molecule has 1 heterocycles. The van der Waals surface area contributed by atoms with Gasteiger partial charge in [0.05, 0.1) is 28.8 Å². The number of rotatable bonds is 9. The van der Waals surface area contributed by atoms with Gasteiger partial charge in [-0.1, -0.05) is 6.92 Å². The number of nitrogens with one attached hydrogen (secondary N) is 1. The van der Waals surface area contributed by atoms with Gasteiger partial charge in [0, 0.05) is 13.2 Å². The van der Waals surface area contributed by atoms with Gasteiger partial charge in [-0.2, -0.15) is 0 Å². The van der Waals surface area contributed by atoms with Crippen molar-refractivity contribution in [3.05, 3.63) is 16.2 Å². The van der Waals surface area contributed by atoms with E-state index in [-0.39, 0.29) is 0 Å². The Kier molecular flexibility index (Phi) is 8.22. The number of hydrogen-bond acceptors (Lipinski definition) is 4. The molecule has 0 bridgehead atoms. The molecular weight excluding hydrogens is 322 g/mol. The van der Waals surface area contributed by atoms with Gasteiger partial charge in [0.1, 0.15) is 6.61 Å². The van der Waals surface area contributed by atoms with Crippen molar-refractivity contribution in [1.29, 1.82) is 0 Å². The van der Waals surface area contributed by atoms with Crippen molar-refractivity contribution in [3.63, 3.8) is 0 Å². The number of aromatic nitrogens is 1. The lowest BCUT2D eigenvalue weighted by molar-refractivity contribution is 0.0987.